The zero-order valence-corrected chi connectivity index (χ0v) is 15.8. The van der Waals surface area contributed by atoms with Gasteiger partial charge in [-0.15, -0.1) is 5.10 Å². The number of carbonyl (C=O) groups excluding carboxylic acids is 1. The molecular formula is C17H20N6O2S. The van der Waals surface area contributed by atoms with Crippen molar-refractivity contribution in [2.24, 2.45) is 0 Å². The van der Waals surface area contributed by atoms with Gasteiger partial charge in [-0.25, -0.2) is 9.50 Å². The summed E-state index contributed by atoms with van der Waals surface area (Å²) >= 11 is 1.14. The maximum atomic E-state index is 12.8. The number of aryl methyl sites for hydroxylation is 2. The second-order valence-electron chi connectivity index (χ2n) is 6.81. The molecule has 0 bridgehead atoms. The van der Waals surface area contributed by atoms with Gasteiger partial charge in [0.2, 0.25) is 0 Å². The summed E-state index contributed by atoms with van der Waals surface area (Å²) < 4.78 is 5.36. The van der Waals surface area contributed by atoms with Crippen LogP contribution in [0.2, 0.25) is 0 Å². The number of nitrogens with one attached hydrogen (secondary N) is 1. The number of piperidine rings is 1. The van der Waals surface area contributed by atoms with Crippen LogP contribution < -0.4 is 5.56 Å². The second kappa shape index (κ2) is 6.31. The lowest BCUT2D eigenvalue weighted by molar-refractivity contribution is 0.0710. The van der Waals surface area contributed by atoms with Gasteiger partial charge in [-0.2, -0.15) is 0 Å². The highest BCUT2D eigenvalue weighted by molar-refractivity contribution is 7.07. The van der Waals surface area contributed by atoms with Crippen molar-refractivity contribution >= 4 is 23.1 Å². The highest BCUT2D eigenvalue weighted by atomic mass is 32.1. The van der Waals surface area contributed by atoms with E-state index in [4.69, 9.17) is 0 Å². The fourth-order valence-corrected chi connectivity index (χ4v) is 4.06. The van der Waals surface area contributed by atoms with Crippen LogP contribution in [0.15, 0.2) is 10.9 Å². The lowest BCUT2D eigenvalue weighted by Gasteiger charge is -2.31. The van der Waals surface area contributed by atoms with E-state index in [1.807, 2.05) is 17.9 Å². The van der Waals surface area contributed by atoms with Crippen LogP contribution in [0.3, 0.4) is 0 Å². The molecule has 0 saturated carbocycles. The molecule has 0 aliphatic carbocycles. The minimum Gasteiger partial charge on any atom is -0.337 e. The van der Waals surface area contributed by atoms with Crippen molar-refractivity contribution in [1.82, 2.24) is 29.1 Å². The number of aromatic amines is 1. The third-order valence-electron chi connectivity index (χ3n) is 5.10. The van der Waals surface area contributed by atoms with Gasteiger partial charge in [0.15, 0.2) is 5.65 Å². The van der Waals surface area contributed by atoms with E-state index in [0.29, 0.717) is 28.3 Å². The fourth-order valence-electron chi connectivity index (χ4n) is 3.43. The molecule has 0 unspecified atom stereocenters. The van der Waals surface area contributed by atoms with Gasteiger partial charge in [0.1, 0.15) is 4.88 Å². The normalized spacial score (nSPS) is 17.8. The number of hydrogen-bond donors (Lipinski definition) is 1. The van der Waals surface area contributed by atoms with Crippen LogP contribution in [0.5, 0.6) is 0 Å². The van der Waals surface area contributed by atoms with Crippen molar-refractivity contribution in [2.45, 2.75) is 39.5 Å². The molecule has 4 rings (SSSR count). The van der Waals surface area contributed by atoms with Gasteiger partial charge in [-0.1, -0.05) is 4.49 Å². The number of aromatic nitrogens is 5. The van der Waals surface area contributed by atoms with E-state index in [1.165, 1.54) is 4.52 Å². The molecule has 136 valence electrons. The number of likely N-dealkylation sites (tertiary alicyclic amines) is 1. The lowest BCUT2D eigenvalue weighted by Crippen LogP contribution is -2.39. The standard InChI is InChI=1S/C17H20N6O2S/c1-9-10(2)18-14-7-13(20-23(14)16(9)24)12-5-4-6-22(8-12)17(25)15-11(3)19-21-26-15/h7,12,20H,4-6,8H2,1-3H3/t12-/m1/s1. The van der Waals surface area contributed by atoms with Crippen LogP contribution in [0, 0.1) is 20.8 Å². The van der Waals surface area contributed by atoms with Crippen LogP contribution in [0.4, 0.5) is 0 Å². The number of rotatable bonds is 2. The molecule has 1 saturated heterocycles. The minimum atomic E-state index is -0.0751. The Morgan fingerprint density at radius 3 is 2.85 bits per heavy atom. The SMILES string of the molecule is Cc1nnsc1C(=O)N1CCC[C@@H](c2cc3nc(C)c(C)c(=O)n3[nH]2)C1. The van der Waals surface area contributed by atoms with Crippen LogP contribution >= 0.6 is 11.5 Å². The maximum absolute atomic E-state index is 12.8. The third kappa shape index (κ3) is 2.72. The molecule has 3 aromatic heterocycles. The van der Waals surface area contributed by atoms with Crippen LogP contribution in [-0.4, -0.2) is 48.1 Å². The van der Waals surface area contributed by atoms with Crippen molar-refractivity contribution < 1.29 is 4.79 Å². The summed E-state index contributed by atoms with van der Waals surface area (Å²) in [5.41, 5.74) is 3.55. The van der Waals surface area contributed by atoms with Gasteiger partial charge < -0.3 is 4.90 Å². The molecule has 1 atom stereocenters. The smallest absolute Gasteiger partial charge is 0.275 e. The van der Waals surface area contributed by atoms with E-state index in [0.717, 1.165) is 42.3 Å². The highest BCUT2D eigenvalue weighted by Gasteiger charge is 2.28. The Balaban J connectivity index is 1.63. The summed E-state index contributed by atoms with van der Waals surface area (Å²) in [4.78, 5) is 32.1. The molecule has 1 fully saturated rings. The number of carbonyl (C=O) groups is 1. The van der Waals surface area contributed by atoms with Crippen molar-refractivity contribution in [3.8, 4) is 0 Å². The Labute approximate surface area is 154 Å². The molecule has 1 N–H and O–H groups in total. The zero-order chi connectivity index (χ0) is 18.4. The molecule has 8 nitrogen and oxygen atoms in total. The van der Waals surface area contributed by atoms with Gasteiger partial charge in [-0.3, -0.25) is 14.7 Å². The first kappa shape index (κ1) is 16.9. The molecular weight excluding hydrogens is 352 g/mol. The maximum Gasteiger partial charge on any atom is 0.275 e. The van der Waals surface area contributed by atoms with Crippen LogP contribution in [0.25, 0.3) is 5.65 Å². The first-order valence-electron chi connectivity index (χ1n) is 8.63. The number of fused-ring (bicyclic) bond motifs is 1. The predicted octanol–water partition coefficient (Wildman–Crippen LogP) is 1.82. The van der Waals surface area contributed by atoms with Crippen molar-refractivity contribution in [3.63, 3.8) is 0 Å². The molecule has 26 heavy (non-hydrogen) atoms. The van der Waals surface area contributed by atoms with E-state index in [1.54, 1.807) is 13.8 Å². The Morgan fingerprint density at radius 1 is 1.31 bits per heavy atom. The van der Waals surface area contributed by atoms with Gasteiger partial charge in [0.25, 0.3) is 11.5 Å². The molecule has 1 aliphatic heterocycles. The topological polar surface area (TPSA) is 96.2 Å². The summed E-state index contributed by atoms with van der Waals surface area (Å²) in [6.07, 6.45) is 1.88. The Hall–Kier alpha value is -2.55. The molecule has 4 heterocycles. The summed E-state index contributed by atoms with van der Waals surface area (Å²) in [6, 6.07) is 1.92. The molecule has 1 amide bonds. The molecule has 1 aliphatic rings. The van der Waals surface area contributed by atoms with E-state index in [2.05, 4.69) is 19.7 Å². The summed E-state index contributed by atoms with van der Waals surface area (Å²) in [6.45, 7) is 6.76. The average Bonchev–Trinajstić information content (AvgIpc) is 3.25. The quantitative estimate of drug-likeness (QED) is 0.740. The average molecular weight is 372 g/mol. The predicted molar refractivity (Wildman–Crippen MR) is 97.8 cm³/mol. The van der Waals surface area contributed by atoms with Crippen molar-refractivity contribution in [2.75, 3.05) is 13.1 Å². The third-order valence-corrected chi connectivity index (χ3v) is 5.91. The number of H-pyrrole nitrogens is 1. The summed E-state index contributed by atoms with van der Waals surface area (Å²) in [5.74, 6) is 0.135. The van der Waals surface area contributed by atoms with Crippen molar-refractivity contribution in [1.29, 1.82) is 0 Å². The number of nitrogens with zero attached hydrogens (tertiary/aromatic N) is 5. The van der Waals surface area contributed by atoms with Gasteiger partial charge in [-0.05, 0) is 45.1 Å². The number of amides is 1. The Bertz CT molecular complexity index is 1050. The summed E-state index contributed by atoms with van der Waals surface area (Å²) in [5, 5.41) is 7.12. The Morgan fingerprint density at radius 2 is 2.12 bits per heavy atom. The van der Waals surface area contributed by atoms with E-state index in [-0.39, 0.29) is 17.4 Å². The fraction of sp³-hybridized carbons (Fsp3) is 0.471. The Kier molecular flexibility index (Phi) is 4.10. The molecule has 0 aromatic carbocycles. The van der Waals surface area contributed by atoms with Gasteiger partial charge in [0.05, 0.1) is 5.69 Å². The molecule has 0 spiro atoms. The van der Waals surface area contributed by atoms with Crippen molar-refractivity contribution in [3.05, 3.63) is 43.9 Å². The van der Waals surface area contributed by atoms with Crippen LogP contribution in [-0.2, 0) is 0 Å². The van der Waals surface area contributed by atoms with Crippen LogP contribution in [0.1, 0.15) is 51.1 Å². The first-order valence-corrected chi connectivity index (χ1v) is 9.40. The second-order valence-corrected chi connectivity index (χ2v) is 7.56. The number of hydrogen-bond acceptors (Lipinski definition) is 6. The van der Waals surface area contributed by atoms with Gasteiger partial charge >= 0.3 is 0 Å². The van der Waals surface area contributed by atoms with E-state index in [9.17, 15) is 9.59 Å². The highest BCUT2D eigenvalue weighted by Crippen LogP contribution is 2.28. The summed E-state index contributed by atoms with van der Waals surface area (Å²) in [7, 11) is 0. The first-order chi connectivity index (χ1) is 12.5. The largest absolute Gasteiger partial charge is 0.337 e. The van der Waals surface area contributed by atoms with E-state index < -0.39 is 0 Å². The molecule has 9 heteroatoms. The lowest BCUT2D eigenvalue weighted by atomic mass is 9.94. The monoisotopic (exact) mass is 372 g/mol. The minimum absolute atomic E-state index is 0.0136. The van der Waals surface area contributed by atoms with E-state index >= 15 is 0 Å². The van der Waals surface area contributed by atoms with Gasteiger partial charge in [0, 0.05) is 42.0 Å². The molecule has 3 aromatic rings. The zero-order valence-electron chi connectivity index (χ0n) is 14.9. The molecule has 0 radical (unpaired) electrons.